The first kappa shape index (κ1) is 15.6. The molecule has 2 amide bonds. The first-order valence-corrected chi connectivity index (χ1v) is 8.20. The molecule has 118 valence electrons. The van der Waals surface area contributed by atoms with Gasteiger partial charge < -0.3 is 4.57 Å². The van der Waals surface area contributed by atoms with Gasteiger partial charge in [0, 0.05) is 24.1 Å². The number of amides is 2. The van der Waals surface area contributed by atoms with E-state index in [1.54, 1.807) is 19.2 Å². The number of hydrogen-bond donors (Lipinski definition) is 0. The minimum absolute atomic E-state index is 0.206. The van der Waals surface area contributed by atoms with Crippen LogP contribution in [0.25, 0.3) is 11.9 Å². The largest absolute Gasteiger partial charge is 0.303 e. The number of imide groups is 1. The van der Waals surface area contributed by atoms with Gasteiger partial charge in [-0.25, -0.2) is 4.98 Å². The highest BCUT2D eigenvalue weighted by Crippen LogP contribution is 2.33. The third-order valence-corrected chi connectivity index (χ3v) is 4.73. The summed E-state index contributed by atoms with van der Waals surface area (Å²) in [6.07, 6.45) is 3.54. The third-order valence-electron chi connectivity index (χ3n) is 3.83. The maximum atomic E-state index is 12.2. The molecular weight excluding hydrogens is 310 g/mol. The zero-order valence-corrected chi connectivity index (χ0v) is 14.1. The molecule has 1 fully saturated rings. The van der Waals surface area contributed by atoms with E-state index in [0.717, 1.165) is 34.5 Å². The Morgan fingerprint density at radius 3 is 2.65 bits per heavy atom. The second kappa shape index (κ2) is 6.04. The molecule has 3 rings (SSSR count). The van der Waals surface area contributed by atoms with Crippen LogP contribution in [-0.2, 0) is 4.79 Å². The van der Waals surface area contributed by atoms with E-state index < -0.39 is 0 Å². The Kier molecular flexibility index (Phi) is 4.09. The van der Waals surface area contributed by atoms with Crippen LogP contribution < -0.4 is 0 Å². The fourth-order valence-corrected chi connectivity index (χ4v) is 3.58. The van der Waals surface area contributed by atoms with E-state index in [-0.39, 0.29) is 11.1 Å². The topological polar surface area (TPSA) is 55.2 Å². The highest BCUT2D eigenvalue weighted by atomic mass is 32.2. The third kappa shape index (κ3) is 2.70. The minimum atomic E-state index is -0.217. The molecule has 3 heterocycles. The molecule has 1 aliphatic heterocycles. The summed E-state index contributed by atoms with van der Waals surface area (Å²) in [7, 11) is 0. The second-order valence-corrected chi connectivity index (χ2v) is 6.27. The van der Waals surface area contributed by atoms with Crippen LogP contribution in [0.4, 0.5) is 4.79 Å². The van der Waals surface area contributed by atoms with Crippen LogP contribution in [0.5, 0.6) is 0 Å². The Labute approximate surface area is 139 Å². The van der Waals surface area contributed by atoms with Crippen LogP contribution in [0.15, 0.2) is 35.4 Å². The highest BCUT2D eigenvalue weighted by Gasteiger charge is 2.33. The number of likely N-dealkylation sites (N-methyl/N-ethyl adjacent to an activating group) is 1. The molecule has 6 heteroatoms. The quantitative estimate of drug-likeness (QED) is 0.809. The van der Waals surface area contributed by atoms with Crippen LogP contribution in [0.2, 0.25) is 0 Å². The number of carbonyl (C=O) groups is 2. The summed E-state index contributed by atoms with van der Waals surface area (Å²) < 4.78 is 2.04. The van der Waals surface area contributed by atoms with Crippen LogP contribution >= 0.6 is 11.8 Å². The highest BCUT2D eigenvalue weighted by molar-refractivity contribution is 8.18. The lowest BCUT2D eigenvalue weighted by molar-refractivity contribution is -0.122. The van der Waals surface area contributed by atoms with E-state index >= 15 is 0 Å². The first-order chi connectivity index (χ1) is 11.0. The minimum Gasteiger partial charge on any atom is -0.303 e. The lowest BCUT2D eigenvalue weighted by atomic mass is 10.2. The zero-order valence-electron chi connectivity index (χ0n) is 13.2. The molecule has 1 aliphatic rings. The second-order valence-electron chi connectivity index (χ2n) is 5.28. The predicted octanol–water partition coefficient (Wildman–Crippen LogP) is 3.55. The van der Waals surface area contributed by atoms with Gasteiger partial charge in [0.1, 0.15) is 5.82 Å². The molecule has 5 nitrogen and oxygen atoms in total. The molecule has 0 radical (unpaired) electrons. The molecule has 0 bridgehead atoms. The fraction of sp³-hybridized carbons (Fsp3) is 0.235. The van der Waals surface area contributed by atoms with Crippen molar-refractivity contribution in [3.8, 4) is 5.82 Å². The number of hydrogen-bond acceptors (Lipinski definition) is 4. The summed E-state index contributed by atoms with van der Waals surface area (Å²) in [6, 6.07) is 7.76. The van der Waals surface area contributed by atoms with E-state index in [1.165, 1.54) is 4.90 Å². The number of aromatic nitrogens is 2. The number of rotatable bonds is 3. The number of carbonyl (C=O) groups excluding carboxylic acids is 2. The van der Waals surface area contributed by atoms with Gasteiger partial charge in [-0.1, -0.05) is 6.07 Å². The number of aryl methyl sites for hydroxylation is 1. The van der Waals surface area contributed by atoms with Crippen molar-refractivity contribution in [2.45, 2.75) is 20.8 Å². The molecule has 0 aliphatic carbocycles. The van der Waals surface area contributed by atoms with E-state index in [0.29, 0.717) is 11.4 Å². The Morgan fingerprint density at radius 2 is 2.04 bits per heavy atom. The normalized spacial score (nSPS) is 16.7. The number of pyridine rings is 1. The monoisotopic (exact) mass is 327 g/mol. The summed E-state index contributed by atoms with van der Waals surface area (Å²) >= 11 is 0.994. The summed E-state index contributed by atoms with van der Waals surface area (Å²) in [6.45, 7) is 6.18. The SMILES string of the molecule is CCN1C(=O)SC(=Cc2cc(C)n(-c3ccccn3)c2C)C1=O. The lowest BCUT2D eigenvalue weighted by Gasteiger charge is -2.08. The van der Waals surface area contributed by atoms with Gasteiger partial charge in [-0.05, 0) is 62.4 Å². The van der Waals surface area contributed by atoms with Crippen molar-refractivity contribution in [1.29, 1.82) is 0 Å². The van der Waals surface area contributed by atoms with Crippen molar-refractivity contribution >= 4 is 29.0 Å². The van der Waals surface area contributed by atoms with Gasteiger partial charge in [0.15, 0.2) is 0 Å². The molecule has 0 aromatic carbocycles. The lowest BCUT2D eigenvalue weighted by Crippen LogP contribution is -2.27. The van der Waals surface area contributed by atoms with Gasteiger partial charge in [-0.2, -0.15) is 0 Å². The standard InChI is InChI=1S/C17H17N3O2S/c1-4-19-16(21)14(23-17(19)22)10-13-9-11(2)20(12(13)3)15-7-5-6-8-18-15/h5-10H,4H2,1-3H3. The average Bonchev–Trinajstić information content (AvgIpc) is 2.96. The zero-order chi connectivity index (χ0) is 16.6. The van der Waals surface area contributed by atoms with Crippen LogP contribution in [-0.4, -0.2) is 32.1 Å². The van der Waals surface area contributed by atoms with E-state index in [9.17, 15) is 9.59 Å². The van der Waals surface area contributed by atoms with E-state index in [1.807, 2.05) is 42.7 Å². The predicted molar refractivity (Wildman–Crippen MR) is 91.4 cm³/mol. The van der Waals surface area contributed by atoms with Crippen molar-refractivity contribution in [2.24, 2.45) is 0 Å². The van der Waals surface area contributed by atoms with Gasteiger partial charge in [-0.15, -0.1) is 0 Å². The van der Waals surface area contributed by atoms with Crippen LogP contribution in [0.1, 0.15) is 23.9 Å². The first-order valence-electron chi connectivity index (χ1n) is 7.38. The Bertz CT molecular complexity index is 809. The number of thioether (sulfide) groups is 1. The van der Waals surface area contributed by atoms with Gasteiger partial charge in [0.05, 0.1) is 4.91 Å². The van der Waals surface area contributed by atoms with Crippen LogP contribution in [0.3, 0.4) is 0 Å². The molecular formula is C17H17N3O2S. The molecule has 0 saturated carbocycles. The molecule has 23 heavy (non-hydrogen) atoms. The summed E-state index contributed by atoms with van der Waals surface area (Å²) in [4.78, 5) is 30.1. The number of nitrogens with zero attached hydrogens (tertiary/aromatic N) is 3. The smallest absolute Gasteiger partial charge is 0.293 e. The van der Waals surface area contributed by atoms with Gasteiger partial charge in [0.2, 0.25) is 0 Å². The van der Waals surface area contributed by atoms with Gasteiger partial charge in [-0.3, -0.25) is 14.5 Å². The summed E-state index contributed by atoms with van der Waals surface area (Å²) in [5, 5.41) is -0.206. The van der Waals surface area contributed by atoms with E-state index in [2.05, 4.69) is 4.98 Å². The van der Waals surface area contributed by atoms with Crippen molar-refractivity contribution in [2.75, 3.05) is 6.54 Å². The van der Waals surface area contributed by atoms with Gasteiger partial charge in [0.25, 0.3) is 11.1 Å². The summed E-state index contributed by atoms with van der Waals surface area (Å²) in [5.74, 6) is 0.619. The summed E-state index contributed by atoms with van der Waals surface area (Å²) in [5.41, 5.74) is 2.95. The maximum Gasteiger partial charge on any atom is 0.293 e. The average molecular weight is 327 g/mol. The Morgan fingerprint density at radius 1 is 1.26 bits per heavy atom. The van der Waals surface area contributed by atoms with Crippen molar-refractivity contribution in [1.82, 2.24) is 14.5 Å². The van der Waals surface area contributed by atoms with Gasteiger partial charge >= 0.3 is 0 Å². The Hall–Kier alpha value is -2.34. The van der Waals surface area contributed by atoms with Crippen molar-refractivity contribution in [3.63, 3.8) is 0 Å². The van der Waals surface area contributed by atoms with E-state index in [4.69, 9.17) is 0 Å². The molecule has 1 saturated heterocycles. The van der Waals surface area contributed by atoms with Crippen molar-refractivity contribution < 1.29 is 9.59 Å². The Balaban J connectivity index is 2.02. The van der Waals surface area contributed by atoms with Crippen LogP contribution in [0, 0.1) is 13.8 Å². The fourth-order valence-electron chi connectivity index (χ4n) is 2.69. The molecule has 2 aromatic heterocycles. The molecule has 0 spiro atoms. The molecule has 2 aromatic rings. The molecule has 0 atom stereocenters. The maximum absolute atomic E-state index is 12.2. The molecule has 0 N–H and O–H groups in total. The van der Waals surface area contributed by atoms with Crippen molar-refractivity contribution in [3.05, 3.63) is 52.3 Å². The molecule has 0 unspecified atom stereocenters.